The minimum Gasteiger partial charge on any atom is -0.122 e. The van der Waals surface area contributed by atoms with Crippen LogP contribution in [0.15, 0.2) is 0 Å². The summed E-state index contributed by atoms with van der Waals surface area (Å²) in [6.45, 7) is 4.58. The van der Waals surface area contributed by atoms with E-state index in [0.717, 1.165) is 0 Å². The van der Waals surface area contributed by atoms with Crippen molar-refractivity contribution in [2.24, 2.45) is 0 Å². The van der Waals surface area contributed by atoms with E-state index in [1.165, 1.54) is 85.1 Å². The van der Waals surface area contributed by atoms with Crippen molar-refractivity contribution in [2.75, 3.05) is 12.3 Å². The second-order valence-corrected chi connectivity index (χ2v) is 6.08. The summed E-state index contributed by atoms with van der Waals surface area (Å²) in [5.74, 6) is 0. The first kappa shape index (κ1) is 15.4. The topological polar surface area (TPSA) is 0 Å². The summed E-state index contributed by atoms with van der Waals surface area (Å²) in [6, 6.07) is 0. The summed E-state index contributed by atoms with van der Waals surface area (Å²) < 4.78 is 0. The van der Waals surface area contributed by atoms with Gasteiger partial charge in [-0.25, -0.2) is 0 Å². The van der Waals surface area contributed by atoms with Crippen LogP contribution in [-0.2, 0) is 0 Å². The molecule has 0 aliphatic heterocycles. The first-order chi connectivity index (χ1) is 7.41. The highest BCUT2D eigenvalue weighted by atomic mass is 31.1. The normalized spacial score (nSPS) is 11.6. The molecule has 0 aromatic rings. The third-order valence-corrected chi connectivity index (χ3v) is 4.33. The van der Waals surface area contributed by atoms with E-state index >= 15 is 0 Å². The van der Waals surface area contributed by atoms with E-state index in [2.05, 4.69) is 13.8 Å². The highest BCUT2D eigenvalue weighted by Gasteiger charge is 1.92. The molecule has 0 aliphatic carbocycles. The fraction of sp³-hybridized carbons (Fsp3) is 1.00. The molecular formula is C14H31P. The van der Waals surface area contributed by atoms with Gasteiger partial charge in [0, 0.05) is 0 Å². The van der Waals surface area contributed by atoms with Crippen LogP contribution in [0.25, 0.3) is 0 Å². The fourth-order valence-electron chi connectivity index (χ4n) is 1.83. The van der Waals surface area contributed by atoms with Crippen molar-refractivity contribution in [3.8, 4) is 0 Å². The Bertz CT molecular complexity index is 89.5. The predicted octanol–water partition coefficient (Wildman–Crippen LogP) is 5.61. The van der Waals surface area contributed by atoms with Crippen LogP contribution in [0.4, 0.5) is 0 Å². The maximum Gasteiger partial charge on any atom is -0.0353 e. The maximum atomic E-state index is 2.29. The van der Waals surface area contributed by atoms with Crippen LogP contribution in [0.5, 0.6) is 0 Å². The van der Waals surface area contributed by atoms with Gasteiger partial charge in [-0.15, -0.1) is 8.58 Å². The van der Waals surface area contributed by atoms with Crippen molar-refractivity contribution in [1.29, 1.82) is 0 Å². The molecule has 92 valence electrons. The van der Waals surface area contributed by atoms with Crippen LogP contribution < -0.4 is 0 Å². The van der Waals surface area contributed by atoms with E-state index in [0.29, 0.717) is 0 Å². The average Bonchev–Trinajstić information content (AvgIpc) is 2.26. The number of hydrogen-bond donors (Lipinski definition) is 0. The summed E-state index contributed by atoms with van der Waals surface area (Å²) in [5, 5.41) is 0. The van der Waals surface area contributed by atoms with Crippen molar-refractivity contribution in [3.05, 3.63) is 0 Å². The largest absolute Gasteiger partial charge is 0.122 e. The molecule has 1 unspecified atom stereocenters. The zero-order valence-corrected chi connectivity index (χ0v) is 12.0. The van der Waals surface area contributed by atoms with Crippen LogP contribution in [0.1, 0.15) is 78.1 Å². The summed E-state index contributed by atoms with van der Waals surface area (Å²) >= 11 is 0. The summed E-state index contributed by atoms with van der Waals surface area (Å²) in [4.78, 5) is 0. The Morgan fingerprint density at radius 1 is 0.533 bits per heavy atom. The van der Waals surface area contributed by atoms with Gasteiger partial charge in [0.15, 0.2) is 0 Å². The molecule has 0 N–H and O–H groups in total. The lowest BCUT2D eigenvalue weighted by Crippen LogP contribution is -1.83. The van der Waals surface area contributed by atoms with E-state index in [1.807, 2.05) is 0 Å². The average molecular weight is 230 g/mol. The van der Waals surface area contributed by atoms with Crippen molar-refractivity contribution >= 4 is 8.58 Å². The number of rotatable bonds is 12. The van der Waals surface area contributed by atoms with Gasteiger partial charge in [-0.05, 0) is 25.2 Å². The second kappa shape index (κ2) is 14.4. The molecule has 0 aromatic carbocycles. The van der Waals surface area contributed by atoms with Gasteiger partial charge in [0.2, 0.25) is 0 Å². The molecule has 0 aliphatic rings. The standard InChI is InChI=1S/C14H31P/c1-3-5-7-8-9-10-12-14-15-13-11-6-4-2/h15H,3-14H2,1-2H3. The third-order valence-electron chi connectivity index (χ3n) is 2.91. The molecule has 1 heteroatoms. The molecule has 0 rings (SSSR count). The highest BCUT2D eigenvalue weighted by molar-refractivity contribution is 7.37. The summed E-state index contributed by atoms with van der Waals surface area (Å²) in [7, 11) is 1.25. The Balaban J connectivity index is 2.81. The van der Waals surface area contributed by atoms with E-state index in [4.69, 9.17) is 0 Å². The summed E-state index contributed by atoms with van der Waals surface area (Å²) in [6.07, 6.45) is 17.6. The van der Waals surface area contributed by atoms with Gasteiger partial charge in [-0.2, -0.15) is 0 Å². The molecule has 0 aromatic heterocycles. The number of hydrogen-bond acceptors (Lipinski definition) is 0. The van der Waals surface area contributed by atoms with Crippen LogP contribution in [0.3, 0.4) is 0 Å². The van der Waals surface area contributed by atoms with Gasteiger partial charge in [0.1, 0.15) is 0 Å². The van der Waals surface area contributed by atoms with Crippen molar-refractivity contribution in [2.45, 2.75) is 78.1 Å². The molecule has 0 saturated heterocycles. The lowest BCUT2D eigenvalue weighted by Gasteiger charge is -2.02. The van der Waals surface area contributed by atoms with Crippen LogP contribution in [0, 0.1) is 0 Å². The van der Waals surface area contributed by atoms with Gasteiger partial charge in [-0.3, -0.25) is 0 Å². The molecule has 15 heavy (non-hydrogen) atoms. The van der Waals surface area contributed by atoms with Gasteiger partial charge in [0.25, 0.3) is 0 Å². The molecule has 0 fully saturated rings. The van der Waals surface area contributed by atoms with Crippen molar-refractivity contribution in [3.63, 3.8) is 0 Å². The fourth-order valence-corrected chi connectivity index (χ4v) is 3.08. The van der Waals surface area contributed by atoms with Crippen molar-refractivity contribution in [1.82, 2.24) is 0 Å². The molecule has 1 atom stereocenters. The molecular weight excluding hydrogens is 199 g/mol. The Morgan fingerprint density at radius 2 is 0.933 bits per heavy atom. The second-order valence-electron chi connectivity index (χ2n) is 4.58. The Morgan fingerprint density at radius 3 is 1.53 bits per heavy atom. The lowest BCUT2D eigenvalue weighted by atomic mass is 10.1. The van der Waals surface area contributed by atoms with Gasteiger partial charge in [0.05, 0.1) is 0 Å². The Labute approximate surface area is 99.4 Å². The zero-order chi connectivity index (χ0) is 11.2. The van der Waals surface area contributed by atoms with Crippen LogP contribution >= 0.6 is 8.58 Å². The SMILES string of the molecule is CCCCCCCCCPCCCCC. The Kier molecular flexibility index (Phi) is 14.8. The van der Waals surface area contributed by atoms with E-state index in [9.17, 15) is 0 Å². The minimum absolute atomic E-state index is 1.25. The first-order valence-corrected chi connectivity index (χ1v) is 8.54. The quantitative estimate of drug-likeness (QED) is 0.302. The van der Waals surface area contributed by atoms with Gasteiger partial charge in [-0.1, -0.05) is 65.2 Å². The monoisotopic (exact) mass is 230 g/mol. The van der Waals surface area contributed by atoms with Gasteiger partial charge < -0.3 is 0 Å². The molecule has 0 spiro atoms. The van der Waals surface area contributed by atoms with Crippen molar-refractivity contribution < 1.29 is 0 Å². The predicted molar refractivity (Wildman–Crippen MR) is 75.6 cm³/mol. The summed E-state index contributed by atoms with van der Waals surface area (Å²) in [5.41, 5.74) is 0. The van der Waals surface area contributed by atoms with Gasteiger partial charge >= 0.3 is 0 Å². The van der Waals surface area contributed by atoms with E-state index in [1.54, 1.807) is 0 Å². The molecule has 0 radical (unpaired) electrons. The zero-order valence-electron chi connectivity index (χ0n) is 11.0. The molecule has 0 saturated carbocycles. The van der Waals surface area contributed by atoms with E-state index < -0.39 is 0 Å². The Hall–Kier alpha value is 0.430. The maximum absolute atomic E-state index is 2.29. The molecule has 0 heterocycles. The van der Waals surface area contributed by atoms with Crippen LogP contribution in [0.2, 0.25) is 0 Å². The molecule has 0 bridgehead atoms. The highest BCUT2D eigenvalue weighted by Crippen LogP contribution is 2.17. The van der Waals surface area contributed by atoms with E-state index in [-0.39, 0.29) is 0 Å². The minimum atomic E-state index is 1.25. The smallest absolute Gasteiger partial charge is 0.0353 e. The first-order valence-electron chi connectivity index (χ1n) is 7.12. The number of unbranched alkanes of at least 4 members (excludes halogenated alkanes) is 8. The van der Waals surface area contributed by atoms with Crippen LogP contribution in [-0.4, -0.2) is 12.3 Å². The molecule has 0 nitrogen and oxygen atoms in total. The molecule has 0 amide bonds. The lowest BCUT2D eigenvalue weighted by molar-refractivity contribution is 0.603. The third kappa shape index (κ3) is 14.4.